The average molecular weight is 484 g/mol. The van der Waals surface area contributed by atoms with Gasteiger partial charge in [-0.3, -0.25) is 4.79 Å². The summed E-state index contributed by atoms with van der Waals surface area (Å²) in [6.45, 7) is 0.987. The molecule has 7 nitrogen and oxygen atoms in total. The standard InChI is InChI=1S/C22H24F3N3O4S/c1-30-16-8-9-17(19(12-16)31-2)20(29)27-21-28(11-3-10-26)18(13-33-21)14-4-6-15(7-5-14)32-22(23,24)25/h4-9,12-13,21H,3,10-11,26H2,1-2H3,(H,27,29). The van der Waals surface area contributed by atoms with Crippen LogP contribution in [0.25, 0.3) is 5.70 Å². The van der Waals surface area contributed by atoms with Crippen molar-refractivity contribution in [1.29, 1.82) is 0 Å². The SMILES string of the molecule is COc1ccc(C(=O)NC2SC=C(c3ccc(OC(F)(F)F)cc3)N2CCCN)c(OC)c1. The molecule has 0 aromatic heterocycles. The zero-order valence-corrected chi connectivity index (χ0v) is 18.8. The molecule has 0 bridgehead atoms. The van der Waals surface area contributed by atoms with E-state index < -0.39 is 11.9 Å². The first-order chi connectivity index (χ1) is 15.8. The molecule has 11 heteroatoms. The van der Waals surface area contributed by atoms with Crippen LogP contribution in [-0.2, 0) is 0 Å². The second kappa shape index (κ2) is 10.7. The van der Waals surface area contributed by atoms with Crippen LogP contribution in [0.2, 0.25) is 0 Å². The predicted molar refractivity (Wildman–Crippen MR) is 120 cm³/mol. The lowest BCUT2D eigenvalue weighted by atomic mass is 10.1. The lowest BCUT2D eigenvalue weighted by Crippen LogP contribution is -2.43. The van der Waals surface area contributed by atoms with Crippen LogP contribution < -0.4 is 25.3 Å². The van der Waals surface area contributed by atoms with E-state index in [1.807, 2.05) is 10.3 Å². The van der Waals surface area contributed by atoms with Gasteiger partial charge in [-0.1, -0.05) is 11.8 Å². The zero-order chi connectivity index (χ0) is 24.0. The number of alkyl halides is 3. The number of rotatable bonds is 9. The Bertz CT molecular complexity index is 999. The number of carbonyl (C=O) groups is 1. The van der Waals surface area contributed by atoms with Crippen LogP contribution in [0.3, 0.4) is 0 Å². The molecule has 1 aliphatic rings. The molecule has 0 fully saturated rings. The Morgan fingerprint density at radius 1 is 1.12 bits per heavy atom. The second-order valence-corrected chi connectivity index (χ2v) is 7.89. The van der Waals surface area contributed by atoms with Crippen molar-refractivity contribution >= 4 is 23.4 Å². The van der Waals surface area contributed by atoms with Crippen LogP contribution in [0.5, 0.6) is 17.2 Å². The van der Waals surface area contributed by atoms with Crippen molar-refractivity contribution in [3.63, 3.8) is 0 Å². The van der Waals surface area contributed by atoms with E-state index in [-0.39, 0.29) is 11.7 Å². The van der Waals surface area contributed by atoms with Crippen LogP contribution >= 0.6 is 11.8 Å². The molecule has 1 unspecified atom stereocenters. The van der Waals surface area contributed by atoms with E-state index in [1.54, 1.807) is 30.3 Å². The Kier molecular flexibility index (Phi) is 7.98. The number of benzene rings is 2. The summed E-state index contributed by atoms with van der Waals surface area (Å²) in [5, 5.41) is 4.82. The third-order valence-corrected chi connectivity index (χ3v) is 5.79. The van der Waals surface area contributed by atoms with Crippen LogP contribution in [0, 0.1) is 0 Å². The lowest BCUT2D eigenvalue weighted by Gasteiger charge is -2.30. The largest absolute Gasteiger partial charge is 0.573 e. The Morgan fingerprint density at radius 2 is 1.82 bits per heavy atom. The van der Waals surface area contributed by atoms with Crippen molar-refractivity contribution in [2.45, 2.75) is 18.3 Å². The summed E-state index contributed by atoms with van der Waals surface area (Å²) in [6, 6.07) is 10.5. The summed E-state index contributed by atoms with van der Waals surface area (Å²) in [5.41, 5.74) is 7.05. The van der Waals surface area contributed by atoms with Gasteiger partial charge >= 0.3 is 6.36 Å². The molecule has 3 N–H and O–H groups in total. The van der Waals surface area contributed by atoms with Crippen LogP contribution in [0.4, 0.5) is 13.2 Å². The van der Waals surface area contributed by atoms with E-state index in [9.17, 15) is 18.0 Å². The first-order valence-electron chi connectivity index (χ1n) is 9.97. The van der Waals surface area contributed by atoms with E-state index in [0.717, 1.165) is 5.70 Å². The van der Waals surface area contributed by atoms with Gasteiger partial charge in [0, 0.05) is 12.6 Å². The highest BCUT2D eigenvalue weighted by Crippen LogP contribution is 2.37. The molecule has 1 heterocycles. The van der Waals surface area contributed by atoms with Crippen molar-refractivity contribution in [1.82, 2.24) is 10.2 Å². The van der Waals surface area contributed by atoms with E-state index in [4.69, 9.17) is 15.2 Å². The topological polar surface area (TPSA) is 86.1 Å². The molecular weight excluding hydrogens is 459 g/mol. The van der Waals surface area contributed by atoms with Crippen molar-refractivity contribution in [3.8, 4) is 17.2 Å². The maximum Gasteiger partial charge on any atom is 0.573 e. The van der Waals surface area contributed by atoms with Gasteiger partial charge in [-0.25, -0.2) is 0 Å². The van der Waals surface area contributed by atoms with E-state index >= 15 is 0 Å². The highest BCUT2D eigenvalue weighted by Gasteiger charge is 2.32. The number of methoxy groups -OCH3 is 2. The fourth-order valence-electron chi connectivity index (χ4n) is 3.24. The summed E-state index contributed by atoms with van der Waals surface area (Å²) in [7, 11) is 2.99. The van der Waals surface area contributed by atoms with Gasteiger partial charge in [-0.05, 0) is 60.3 Å². The normalized spacial score (nSPS) is 15.8. The predicted octanol–water partition coefficient (Wildman–Crippen LogP) is 4.01. The minimum atomic E-state index is -4.75. The lowest BCUT2D eigenvalue weighted by molar-refractivity contribution is -0.274. The maximum absolute atomic E-state index is 13.0. The van der Waals surface area contributed by atoms with Gasteiger partial charge in [0.2, 0.25) is 0 Å². The second-order valence-electron chi connectivity index (χ2n) is 6.94. The minimum Gasteiger partial charge on any atom is -0.497 e. The molecule has 0 aliphatic carbocycles. The van der Waals surface area contributed by atoms with Crippen LogP contribution in [-0.4, -0.2) is 50.0 Å². The molecule has 33 heavy (non-hydrogen) atoms. The van der Waals surface area contributed by atoms with Crippen LogP contribution in [0.15, 0.2) is 47.9 Å². The average Bonchev–Trinajstić information content (AvgIpc) is 3.18. The molecule has 1 amide bonds. The Labute approximate surface area is 193 Å². The number of nitrogens with two attached hydrogens (primary N) is 1. The van der Waals surface area contributed by atoms with Crippen molar-refractivity contribution in [2.24, 2.45) is 5.73 Å². The summed E-state index contributed by atoms with van der Waals surface area (Å²) in [6.07, 6.45) is -4.10. The number of nitrogens with one attached hydrogen (secondary N) is 1. The fourth-order valence-corrected chi connectivity index (χ4v) is 4.32. The van der Waals surface area contributed by atoms with Crippen molar-refractivity contribution < 1.29 is 32.2 Å². The quantitative estimate of drug-likeness (QED) is 0.557. The van der Waals surface area contributed by atoms with E-state index in [2.05, 4.69) is 10.1 Å². The minimum absolute atomic E-state index is 0.303. The molecule has 178 valence electrons. The van der Waals surface area contributed by atoms with Gasteiger partial charge in [0.05, 0.1) is 25.5 Å². The smallest absolute Gasteiger partial charge is 0.497 e. The van der Waals surface area contributed by atoms with Gasteiger partial charge in [-0.15, -0.1) is 13.2 Å². The molecule has 1 atom stereocenters. The highest BCUT2D eigenvalue weighted by molar-refractivity contribution is 8.03. The molecule has 0 radical (unpaired) electrons. The van der Waals surface area contributed by atoms with Crippen molar-refractivity contribution in [2.75, 3.05) is 27.3 Å². The number of ether oxygens (including phenoxy) is 3. The van der Waals surface area contributed by atoms with Gasteiger partial charge in [-0.2, -0.15) is 0 Å². The number of hydrogen-bond acceptors (Lipinski definition) is 7. The van der Waals surface area contributed by atoms with Crippen molar-refractivity contribution in [3.05, 3.63) is 59.0 Å². The number of hydrogen-bond donors (Lipinski definition) is 2. The molecule has 0 saturated heterocycles. The summed E-state index contributed by atoms with van der Waals surface area (Å²) < 4.78 is 51.7. The number of thioether (sulfide) groups is 1. The molecule has 1 aliphatic heterocycles. The zero-order valence-electron chi connectivity index (χ0n) is 18.0. The number of nitrogens with zero attached hydrogens (tertiary/aromatic N) is 1. The molecule has 3 rings (SSSR count). The summed E-state index contributed by atoms with van der Waals surface area (Å²) in [4.78, 5) is 14.9. The van der Waals surface area contributed by atoms with Crippen LogP contribution in [0.1, 0.15) is 22.3 Å². The van der Waals surface area contributed by atoms with Gasteiger partial charge in [0.15, 0.2) is 5.50 Å². The molecular formula is C22H24F3N3O4S. The summed E-state index contributed by atoms with van der Waals surface area (Å²) >= 11 is 1.38. The Balaban J connectivity index is 1.77. The molecule has 0 spiro atoms. The third kappa shape index (κ3) is 6.26. The Hall–Kier alpha value is -3.05. The molecule has 2 aromatic carbocycles. The van der Waals surface area contributed by atoms with E-state index in [1.165, 1.54) is 38.1 Å². The first kappa shape index (κ1) is 24.6. The van der Waals surface area contributed by atoms with E-state index in [0.29, 0.717) is 42.1 Å². The number of carbonyl (C=O) groups excluding carboxylic acids is 1. The summed E-state index contributed by atoms with van der Waals surface area (Å²) in [5.74, 6) is 0.290. The number of halogens is 3. The van der Waals surface area contributed by atoms with Gasteiger partial charge < -0.3 is 30.2 Å². The highest BCUT2D eigenvalue weighted by atomic mass is 32.2. The van der Waals surface area contributed by atoms with Gasteiger partial charge in [0.1, 0.15) is 17.2 Å². The number of amides is 1. The third-order valence-electron chi connectivity index (χ3n) is 4.80. The maximum atomic E-state index is 13.0. The van der Waals surface area contributed by atoms with Gasteiger partial charge in [0.25, 0.3) is 5.91 Å². The first-order valence-corrected chi connectivity index (χ1v) is 10.9. The molecule has 2 aromatic rings. The fraction of sp³-hybridized carbons (Fsp3) is 0.318. The molecule has 0 saturated carbocycles. The monoisotopic (exact) mass is 483 g/mol. The Morgan fingerprint density at radius 3 is 2.42 bits per heavy atom.